The third-order valence-corrected chi connectivity index (χ3v) is 4.99. The number of benzene rings is 1. The highest BCUT2D eigenvalue weighted by Gasteiger charge is 2.42. The second-order valence-corrected chi connectivity index (χ2v) is 7.19. The first-order chi connectivity index (χ1) is 12.6. The van der Waals surface area contributed by atoms with E-state index >= 15 is 0 Å². The largest absolute Gasteiger partial charge is 0.385 e. The minimum atomic E-state index is -0.282. The van der Waals surface area contributed by atoms with Crippen molar-refractivity contribution < 1.29 is 4.79 Å². The summed E-state index contributed by atoms with van der Waals surface area (Å²) in [6.07, 6.45) is 5.14. The summed E-state index contributed by atoms with van der Waals surface area (Å²) in [4.78, 5) is 18.6. The summed E-state index contributed by atoms with van der Waals surface area (Å²) in [5.74, 6) is 0.993. The molecule has 3 N–H and O–H groups in total. The summed E-state index contributed by atoms with van der Waals surface area (Å²) < 4.78 is 0. The van der Waals surface area contributed by atoms with Crippen molar-refractivity contribution in [2.45, 2.75) is 32.1 Å². The number of carbonyl (C=O) groups is 1. The van der Waals surface area contributed by atoms with E-state index in [-0.39, 0.29) is 11.3 Å². The molecule has 1 aromatic rings. The Morgan fingerprint density at radius 1 is 1.12 bits per heavy atom. The average molecular weight is 360 g/mol. The van der Waals surface area contributed by atoms with Gasteiger partial charge in [-0.3, -0.25) is 9.79 Å². The zero-order valence-corrected chi connectivity index (χ0v) is 16.3. The van der Waals surface area contributed by atoms with E-state index in [4.69, 9.17) is 0 Å². The number of nitrogens with one attached hydrogen (secondary N) is 3. The van der Waals surface area contributed by atoms with Crippen molar-refractivity contribution in [2.75, 3.05) is 46.1 Å². The zero-order valence-electron chi connectivity index (χ0n) is 16.3. The van der Waals surface area contributed by atoms with Crippen LogP contribution in [0.3, 0.4) is 0 Å². The first kappa shape index (κ1) is 20.1. The highest BCUT2D eigenvalue weighted by atomic mass is 16.2. The van der Waals surface area contributed by atoms with E-state index in [1.807, 2.05) is 32.3 Å². The van der Waals surface area contributed by atoms with Crippen LogP contribution in [0, 0.1) is 5.41 Å². The van der Waals surface area contributed by atoms with Gasteiger partial charge in [0.15, 0.2) is 5.96 Å². The second-order valence-electron chi connectivity index (χ2n) is 7.19. The molecule has 26 heavy (non-hydrogen) atoms. The number of guanidine groups is 1. The Labute approximate surface area is 157 Å². The van der Waals surface area contributed by atoms with Gasteiger partial charge in [-0.25, -0.2) is 0 Å². The van der Waals surface area contributed by atoms with Crippen LogP contribution in [0.1, 0.15) is 32.1 Å². The van der Waals surface area contributed by atoms with Crippen molar-refractivity contribution in [1.82, 2.24) is 15.5 Å². The van der Waals surface area contributed by atoms with Gasteiger partial charge in [0.05, 0.1) is 5.41 Å². The smallest absolute Gasteiger partial charge is 0.230 e. The average Bonchev–Trinajstić information content (AvgIpc) is 3.14. The minimum Gasteiger partial charge on any atom is -0.385 e. The summed E-state index contributed by atoms with van der Waals surface area (Å²) in [6, 6.07) is 10.2. The molecule has 2 rings (SSSR count). The number of anilines is 1. The molecular formula is C20H33N5O. The standard InChI is InChI=1S/C20H33N5O/c1-21-19(23-15-9-14-22-17-10-5-4-6-11-17)24-16-20(12-7-8-13-20)18(26)25(2)3/h4-6,10-11,22H,7-9,12-16H2,1-3H3,(H2,21,23,24). The van der Waals surface area contributed by atoms with Crippen LogP contribution in [0.15, 0.2) is 35.3 Å². The summed E-state index contributed by atoms with van der Waals surface area (Å²) in [5, 5.41) is 10.1. The fraction of sp³-hybridized carbons (Fsp3) is 0.600. The van der Waals surface area contributed by atoms with Crippen molar-refractivity contribution in [3.05, 3.63) is 30.3 Å². The molecule has 1 aromatic carbocycles. The maximum atomic E-state index is 12.6. The van der Waals surface area contributed by atoms with Gasteiger partial charge in [-0.1, -0.05) is 31.0 Å². The van der Waals surface area contributed by atoms with Crippen molar-refractivity contribution in [3.63, 3.8) is 0 Å². The van der Waals surface area contributed by atoms with Gasteiger partial charge in [0.25, 0.3) is 0 Å². The normalized spacial score (nSPS) is 16.2. The van der Waals surface area contributed by atoms with Crippen LogP contribution in [-0.2, 0) is 4.79 Å². The van der Waals surface area contributed by atoms with Crippen molar-refractivity contribution in [3.8, 4) is 0 Å². The molecule has 6 nitrogen and oxygen atoms in total. The molecule has 6 heteroatoms. The first-order valence-electron chi connectivity index (χ1n) is 9.52. The maximum Gasteiger partial charge on any atom is 0.230 e. The van der Waals surface area contributed by atoms with Crippen LogP contribution in [-0.4, -0.2) is 57.5 Å². The predicted molar refractivity (Wildman–Crippen MR) is 109 cm³/mol. The summed E-state index contributed by atoms with van der Waals surface area (Å²) in [5.41, 5.74) is 0.857. The van der Waals surface area contributed by atoms with Crippen LogP contribution in [0.25, 0.3) is 0 Å². The third-order valence-electron chi connectivity index (χ3n) is 4.99. The summed E-state index contributed by atoms with van der Waals surface area (Å²) >= 11 is 0. The minimum absolute atomic E-state index is 0.227. The molecule has 1 amide bonds. The van der Waals surface area contributed by atoms with Gasteiger partial charge in [0.1, 0.15) is 0 Å². The van der Waals surface area contributed by atoms with E-state index in [9.17, 15) is 4.79 Å². The maximum absolute atomic E-state index is 12.6. The first-order valence-corrected chi connectivity index (χ1v) is 9.52. The number of amides is 1. The van der Waals surface area contributed by atoms with Gasteiger partial charge in [-0.2, -0.15) is 0 Å². The molecule has 0 unspecified atom stereocenters. The van der Waals surface area contributed by atoms with Crippen LogP contribution in [0.4, 0.5) is 5.69 Å². The van der Waals surface area contributed by atoms with Crippen molar-refractivity contribution in [1.29, 1.82) is 0 Å². The number of hydrogen-bond acceptors (Lipinski definition) is 3. The van der Waals surface area contributed by atoms with Gasteiger partial charge in [0.2, 0.25) is 5.91 Å². The van der Waals surface area contributed by atoms with Crippen molar-refractivity contribution in [2.24, 2.45) is 10.4 Å². The Morgan fingerprint density at radius 2 is 1.81 bits per heavy atom. The Balaban J connectivity index is 1.72. The number of rotatable bonds is 8. The lowest BCUT2D eigenvalue weighted by Crippen LogP contribution is -2.49. The lowest BCUT2D eigenvalue weighted by Gasteiger charge is -2.31. The number of aliphatic imine (C=N–C) groups is 1. The van der Waals surface area contributed by atoms with Crippen LogP contribution < -0.4 is 16.0 Å². The Bertz CT molecular complexity index is 579. The van der Waals surface area contributed by atoms with E-state index < -0.39 is 0 Å². The lowest BCUT2D eigenvalue weighted by molar-refractivity contribution is -0.138. The monoisotopic (exact) mass is 359 g/mol. The Hall–Kier alpha value is -2.24. The van der Waals surface area contributed by atoms with Crippen molar-refractivity contribution >= 4 is 17.6 Å². The molecule has 0 aliphatic heterocycles. The third kappa shape index (κ3) is 5.64. The highest BCUT2D eigenvalue weighted by molar-refractivity contribution is 5.85. The van der Waals surface area contributed by atoms with Crippen LogP contribution >= 0.6 is 0 Å². The molecule has 144 valence electrons. The number of hydrogen-bond donors (Lipinski definition) is 3. The molecular weight excluding hydrogens is 326 g/mol. The molecule has 0 radical (unpaired) electrons. The van der Waals surface area contributed by atoms with E-state index in [1.165, 1.54) is 0 Å². The molecule has 0 saturated heterocycles. The molecule has 0 bridgehead atoms. The number of para-hydroxylation sites is 1. The molecule has 0 aromatic heterocycles. The fourth-order valence-corrected chi connectivity index (χ4v) is 3.55. The number of nitrogens with zero attached hydrogens (tertiary/aromatic N) is 2. The number of carbonyl (C=O) groups excluding carboxylic acids is 1. The van der Waals surface area contributed by atoms with Gasteiger partial charge in [-0.05, 0) is 31.4 Å². The molecule has 1 aliphatic rings. The van der Waals surface area contributed by atoms with Gasteiger partial charge in [-0.15, -0.1) is 0 Å². The topological polar surface area (TPSA) is 68.8 Å². The molecule has 0 spiro atoms. The fourth-order valence-electron chi connectivity index (χ4n) is 3.55. The van der Waals surface area contributed by atoms with Gasteiger partial charge in [0, 0.05) is 46.5 Å². The van der Waals surface area contributed by atoms with Crippen LogP contribution in [0.5, 0.6) is 0 Å². The SMILES string of the molecule is CN=C(NCCCNc1ccccc1)NCC1(C(=O)N(C)C)CCCC1. The van der Waals surface area contributed by atoms with E-state index in [1.54, 1.807) is 11.9 Å². The Kier molecular flexibility index (Phi) is 7.75. The molecule has 1 fully saturated rings. The molecule has 0 heterocycles. The van der Waals surface area contributed by atoms with Crippen LogP contribution in [0.2, 0.25) is 0 Å². The van der Waals surface area contributed by atoms with E-state index in [0.29, 0.717) is 6.54 Å². The highest BCUT2D eigenvalue weighted by Crippen LogP contribution is 2.38. The summed E-state index contributed by atoms with van der Waals surface area (Å²) in [7, 11) is 5.46. The second kappa shape index (κ2) is 10.0. The summed E-state index contributed by atoms with van der Waals surface area (Å²) in [6.45, 7) is 2.37. The molecule has 1 saturated carbocycles. The zero-order chi connectivity index (χ0) is 18.8. The van der Waals surface area contributed by atoms with Gasteiger partial charge < -0.3 is 20.9 Å². The van der Waals surface area contributed by atoms with E-state index in [2.05, 4.69) is 33.1 Å². The predicted octanol–water partition coefficient (Wildman–Crippen LogP) is 2.30. The quantitative estimate of drug-likeness (QED) is 0.378. The molecule has 1 aliphatic carbocycles. The van der Waals surface area contributed by atoms with Gasteiger partial charge >= 0.3 is 0 Å². The Morgan fingerprint density at radius 3 is 2.42 bits per heavy atom. The lowest BCUT2D eigenvalue weighted by atomic mass is 9.84. The molecule has 0 atom stereocenters. The van der Waals surface area contributed by atoms with E-state index in [0.717, 1.165) is 56.8 Å².